The van der Waals surface area contributed by atoms with Crippen molar-refractivity contribution in [1.82, 2.24) is 9.29 Å². The van der Waals surface area contributed by atoms with Crippen molar-refractivity contribution in [3.8, 4) is 17.2 Å². The topological polar surface area (TPSA) is 102 Å². The first-order valence-corrected chi connectivity index (χ1v) is 11.9. The Balaban J connectivity index is 1.42. The summed E-state index contributed by atoms with van der Waals surface area (Å²) in [5.41, 5.74) is 1.38. The molecule has 1 N–H and O–H groups in total. The van der Waals surface area contributed by atoms with Crippen molar-refractivity contribution in [2.24, 2.45) is 5.92 Å². The number of amides is 1. The van der Waals surface area contributed by atoms with Crippen molar-refractivity contribution in [3.63, 3.8) is 0 Å². The van der Waals surface area contributed by atoms with Crippen LogP contribution in [0.4, 0.5) is 5.13 Å². The molecule has 10 heteroatoms. The van der Waals surface area contributed by atoms with E-state index in [-0.39, 0.29) is 11.8 Å². The number of hydrogen-bond acceptors (Lipinski definition) is 7. The third kappa shape index (κ3) is 4.29. The Morgan fingerprint density at radius 2 is 2.07 bits per heavy atom. The molecule has 154 valence electrons. The van der Waals surface area contributed by atoms with Gasteiger partial charge in [0.05, 0.1) is 13.4 Å². The molecule has 1 aromatic carbocycles. The monoisotopic (exact) mass is 435 g/mol. The number of benzene rings is 1. The molecule has 3 heterocycles. The number of nitrogens with one attached hydrogen (secondary N) is 1. The number of fused-ring (bicyclic) bond motifs is 1. The highest BCUT2D eigenvalue weighted by atomic mass is 32.2. The van der Waals surface area contributed by atoms with Crippen LogP contribution in [0.2, 0.25) is 0 Å². The van der Waals surface area contributed by atoms with Crippen molar-refractivity contribution in [3.05, 3.63) is 29.6 Å². The summed E-state index contributed by atoms with van der Waals surface area (Å²) in [5.74, 6) is 1.01. The molecule has 3 aromatic rings. The first kappa shape index (κ1) is 19.9. The number of ether oxygens (including phenoxy) is 1. The number of thiazole rings is 1. The van der Waals surface area contributed by atoms with E-state index in [1.165, 1.54) is 21.9 Å². The van der Waals surface area contributed by atoms with Crippen LogP contribution in [-0.2, 0) is 14.8 Å². The molecule has 0 radical (unpaired) electrons. The second-order valence-corrected chi connectivity index (χ2v) is 9.82. The van der Waals surface area contributed by atoms with Gasteiger partial charge in [0.15, 0.2) is 10.9 Å². The smallest absolute Gasteiger partial charge is 0.229 e. The first-order chi connectivity index (χ1) is 13.8. The van der Waals surface area contributed by atoms with E-state index in [1.54, 1.807) is 7.11 Å². The highest BCUT2D eigenvalue weighted by molar-refractivity contribution is 7.88. The van der Waals surface area contributed by atoms with Gasteiger partial charge in [-0.2, -0.15) is 0 Å². The number of carbonyl (C=O) groups excluding carboxylic acids is 1. The van der Waals surface area contributed by atoms with Gasteiger partial charge < -0.3 is 14.5 Å². The van der Waals surface area contributed by atoms with Crippen LogP contribution in [0.3, 0.4) is 0 Å². The van der Waals surface area contributed by atoms with Crippen LogP contribution in [0, 0.1) is 5.92 Å². The molecule has 4 rings (SSSR count). The Morgan fingerprint density at radius 3 is 2.76 bits per heavy atom. The summed E-state index contributed by atoms with van der Waals surface area (Å²) in [6.07, 6.45) is 2.20. The Hall–Kier alpha value is -2.43. The van der Waals surface area contributed by atoms with E-state index in [9.17, 15) is 13.2 Å². The van der Waals surface area contributed by atoms with Gasteiger partial charge in [0, 0.05) is 29.8 Å². The van der Waals surface area contributed by atoms with Crippen molar-refractivity contribution in [1.29, 1.82) is 0 Å². The predicted molar refractivity (Wildman–Crippen MR) is 112 cm³/mol. The lowest BCUT2D eigenvalue weighted by molar-refractivity contribution is -0.120. The fourth-order valence-electron chi connectivity index (χ4n) is 3.38. The standard InChI is InChI=1S/C19H21N3O5S2/c1-26-14-3-4-16-13(9-14)10-17(27-16)15-11-28-19(20-15)21-18(23)12-5-7-22(8-6-12)29(2,24)25/h3-4,9-12H,5-8H2,1-2H3,(H,20,21,23). The highest BCUT2D eigenvalue weighted by Gasteiger charge is 2.29. The summed E-state index contributed by atoms with van der Waals surface area (Å²) < 4.78 is 35.7. The Kier molecular flexibility index (Phi) is 5.32. The number of methoxy groups -OCH3 is 1. The average molecular weight is 436 g/mol. The third-order valence-electron chi connectivity index (χ3n) is 5.00. The molecule has 1 amide bonds. The predicted octanol–water partition coefficient (Wildman–Crippen LogP) is 3.18. The summed E-state index contributed by atoms with van der Waals surface area (Å²) in [7, 11) is -1.59. The molecule has 0 unspecified atom stereocenters. The summed E-state index contributed by atoms with van der Waals surface area (Å²) >= 11 is 1.33. The number of hydrogen-bond donors (Lipinski definition) is 1. The Labute approximate surface area is 172 Å². The summed E-state index contributed by atoms with van der Waals surface area (Å²) in [6, 6.07) is 7.45. The normalized spacial score (nSPS) is 16.2. The van der Waals surface area contributed by atoms with Gasteiger partial charge in [-0.05, 0) is 37.1 Å². The minimum atomic E-state index is -3.20. The molecule has 1 saturated heterocycles. The van der Waals surface area contributed by atoms with Crippen LogP contribution < -0.4 is 10.1 Å². The first-order valence-electron chi connectivity index (χ1n) is 9.13. The minimum Gasteiger partial charge on any atom is -0.497 e. The number of aromatic nitrogens is 1. The van der Waals surface area contributed by atoms with Crippen molar-refractivity contribution in [2.75, 3.05) is 31.8 Å². The van der Waals surface area contributed by atoms with Crippen LogP contribution in [-0.4, -0.2) is 50.1 Å². The second kappa shape index (κ2) is 7.77. The van der Waals surface area contributed by atoms with Gasteiger partial charge in [-0.3, -0.25) is 4.79 Å². The van der Waals surface area contributed by atoms with Gasteiger partial charge in [-0.1, -0.05) is 0 Å². The number of nitrogens with zero attached hydrogens (tertiary/aromatic N) is 2. The van der Waals surface area contributed by atoms with E-state index in [0.717, 1.165) is 16.7 Å². The van der Waals surface area contributed by atoms with Crippen LogP contribution in [0.1, 0.15) is 12.8 Å². The molecule has 8 nitrogen and oxygen atoms in total. The zero-order chi connectivity index (χ0) is 20.6. The molecule has 0 aliphatic carbocycles. The summed E-state index contributed by atoms with van der Waals surface area (Å²) in [6.45, 7) is 0.727. The van der Waals surface area contributed by atoms with Crippen molar-refractivity contribution >= 4 is 43.4 Å². The van der Waals surface area contributed by atoms with Gasteiger partial charge >= 0.3 is 0 Å². The molecule has 29 heavy (non-hydrogen) atoms. The average Bonchev–Trinajstić information content (AvgIpc) is 3.33. The lowest BCUT2D eigenvalue weighted by atomic mass is 9.97. The Morgan fingerprint density at radius 1 is 1.31 bits per heavy atom. The van der Waals surface area contributed by atoms with Gasteiger partial charge in [-0.15, -0.1) is 11.3 Å². The van der Waals surface area contributed by atoms with E-state index in [2.05, 4.69) is 10.3 Å². The van der Waals surface area contributed by atoms with E-state index in [1.807, 2.05) is 29.6 Å². The van der Waals surface area contributed by atoms with Gasteiger partial charge in [0.25, 0.3) is 0 Å². The van der Waals surface area contributed by atoms with Crippen LogP contribution in [0.25, 0.3) is 22.4 Å². The molecule has 1 aliphatic rings. The maximum absolute atomic E-state index is 12.5. The zero-order valence-electron chi connectivity index (χ0n) is 16.0. The molecule has 0 bridgehead atoms. The largest absolute Gasteiger partial charge is 0.497 e. The minimum absolute atomic E-state index is 0.131. The molecule has 0 saturated carbocycles. The van der Waals surface area contributed by atoms with Gasteiger partial charge in [-0.25, -0.2) is 17.7 Å². The number of rotatable bonds is 5. The molecular formula is C19H21N3O5S2. The van der Waals surface area contributed by atoms with Crippen molar-refractivity contribution in [2.45, 2.75) is 12.8 Å². The fraction of sp³-hybridized carbons (Fsp3) is 0.368. The molecule has 2 aromatic heterocycles. The molecule has 1 fully saturated rings. The summed E-state index contributed by atoms with van der Waals surface area (Å²) in [4.78, 5) is 17.0. The number of sulfonamides is 1. The Bertz CT molecular complexity index is 1140. The van der Waals surface area contributed by atoms with Crippen LogP contribution in [0.5, 0.6) is 5.75 Å². The van der Waals surface area contributed by atoms with Crippen LogP contribution >= 0.6 is 11.3 Å². The SMILES string of the molecule is COc1ccc2oc(-c3csc(NC(=O)C4CCN(S(C)(=O)=O)CC4)n3)cc2c1. The molecular weight excluding hydrogens is 414 g/mol. The van der Waals surface area contributed by atoms with Crippen molar-refractivity contribution < 1.29 is 22.4 Å². The molecule has 0 spiro atoms. The quantitative estimate of drug-likeness (QED) is 0.660. The maximum atomic E-state index is 12.5. The van der Waals surface area contributed by atoms with Gasteiger partial charge in [0.1, 0.15) is 17.0 Å². The van der Waals surface area contributed by atoms with E-state index >= 15 is 0 Å². The maximum Gasteiger partial charge on any atom is 0.229 e. The van der Waals surface area contributed by atoms with E-state index in [0.29, 0.717) is 42.5 Å². The number of carbonyl (C=O) groups is 1. The summed E-state index contributed by atoms with van der Waals surface area (Å²) in [5, 5.41) is 6.08. The van der Waals surface area contributed by atoms with E-state index < -0.39 is 10.0 Å². The number of piperidine rings is 1. The lowest BCUT2D eigenvalue weighted by Crippen LogP contribution is -2.40. The lowest BCUT2D eigenvalue weighted by Gasteiger charge is -2.29. The van der Waals surface area contributed by atoms with Gasteiger partial charge in [0.2, 0.25) is 15.9 Å². The zero-order valence-corrected chi connectivity index (χ0v) is 17.7. The van der Waals surface area contributed by atoms with E-state index in [4.69, 9.17) is 9.15 Å². The highest BCUT2D eigenvalue weighted by Crippen LogP contribution is 2.32. The molecule has 0 atom stereocenters. The fourth-order valence-corrected chi connectivity index (χ4v) is 4.95. The third-order valence-corrected chi connectivity index (χ3v) is 7.06. The van der Waals surface area contributed by atoms with Crippen LogP contribution in [0.15, 0.2) is 34.1 Å². The number of furan rings is 1. The number of anilines is 1. The second-order valence-electron chi connectivity index (χ2n) is 6.98. The molecule has 1 aliphatic heterocycles.